The zero-order valence-electron chi connectivity index (χ0n) is 14.4. The third-order valence-corrected chi connectivity index (χ3v) is 4.80. The van der Waals surface area contributed by atoms with Crippen LogP contribution in [-0.4, -0.2) is 32.0 Å². The summed E-state index contributed by atoms with van der Waals surface area (Å²) in [5.41, 5.74) is 1.45. The van der Waals surface area contributed by atoms with Crippen molar-refractivity contribution in [2.24, 2.45) is 0 Å². The summed E-state index contributed by atoms with van der Waals surface area (Å²) in [5.74, 6) is -0.550. The van der Waals surface area contributed by atoms with Gasteiger partial charge in [0.25, 0.3) is 5.69 Å². The lowest BCUT2D eigenvalue weighted by atomic mass is 10.1. The number of carbonyl (C=O) groups excluding carboxylic acids is 1. The van der Waals surface area contributed by atoms with E-state index in [2.05, 4.69) is 5.32 Å². The van der Waals surface area contributed by atoms with Crippen LogP contribution in [0.4, 0.5) is 17.1 Å². The Morgan fingerprint density at radius 3 is 2.38 bits per heavy atom. The predicted octanol–water partition coefficient (Wildman–Crippen LogP) is 2.56. The molecule has 0 atom stereocenters. The molecule has 2 aromatic carbocycles. The van der Waals surface area contributed by atoms with Crippen molar-refractivity contribution in [1.29, 1.82) is 0 Å². The van der Waals surface area contributed by atoms with Crippen LogP contribution in [0.3, 0.4) is 0 Å². The van der Waals surface area contributed by atoms with Crippen LogP contribution in [0, 0.1) is 10.1 Å². The highest BCUT2D eigenvalue weighted by Crippen LogP contribution is 2.23. The standard InChI is InChI=1S/C17H19N3O5S/c1-3-13-7-9-14(10-8-13)18-17(21)12-19(26(2,24)25)15-5-4-6-16(11-15)20(22)23/h4-11H,3,12H2,1-2H3,(H,18,21). The third kappa shape index (κ3) is 5.03. The average Bonchev–Trinajstić information content (AvgIpc) is 2.59. The lowest BCUT2D eigenvalue weighted by Gasteiger charge is -2.21. The van der Waals surface area contributed by atoms with E-state index in [1.807, 2.05) is 19.1 Å². The van der Waals surface area contributed by atoms with Crippen LogP contribution in [0.1, 0.15) is 12.5 Å². The molecule has 0 fully saturated rings. The summed E-state index contributed by atoms with van der Waals surface area (Å²) in [7, 11) is -3.81. The fourth-order valence-electron chi connectivity index (χ4n) is 2.32. The number of amides is 1. The maximum Gasteiger partial charge on any atom is 0.271 e. The second-order valence-corrected chi connectivity index (χ2v) is 7.55. The molecule has 0 unspecified atom stereocenters. The largest absolute Gasteiger partial charge is 0.325 e. The van der Waals surface area contributed by atoms with Crippen molar-refractivity contribution >= 4 is 33.0 Å². The number of anilines is 2. The smallest absolute Gasteiger partial charge is 0.271 e. The van der Waals surface area contributed by atoms with Crippen LogP contribution >= 0.6 is 0 Å². The van der Waals surface area contributed by atoms with Crippen LogP contribution in [0.2, 0.25) is 0 Å². The maximum atomic E-state index is 12.3. The van der Waals surface area contributed by atoms with Crippen molar-refractivity contribution < 1.29 is 18.1 Å². The topological polar surface area (TPSA) is 110 Å². The van der Waals surface area contributed by atoms with Gasteiger partial charge < -0.3 is 5.32 Å². The fourth-order valence-corrected chi connectivity index (χ4v) is 3.16. The van der Waals surface area contributed by atoms with Crippen molar-refractivity contribution in [1.82, 2.24) is 0 Å². The van der Waals surface area contributed by atoms with Crippen LogP contribution in [0.25, 0.3) is 0 Å². The number of sulfonamides is 1. The highest BCUT2D eigenvalue weighted by molar-refractivity contribution is 7.92. The lowest BCUT2D eigenvalue weighted by Crippen LogP contribution is -2.37. The lowest BCUT2D eigenvalue weighted by molar-refractivity contribution is -0.384. The molecule has 0 aliphatic rings. The molecule has 9 heteroatoms. The molecule has 0 heterocycles. The van der Waals surface area contributed by atoms with E-state index in [9.17, 15) is 23.3 Å². The molecule has 0 bridgehead atoms. The maximum absolute atomic E-state index is 12.3. The quantitative estimate of drug-likeness (QED) is 0.589. The SMILES string of the molecule is CCc1ccc(NC(=O)CN(c2cccc([N+](=O)[O-])c2)S(C)(=O)=O)cc1. The summed E-state index contributed by atoms with van der Waals surface area (Å²) in [5, 5.41) is 13.5. The van der Waals surface area contributed by atoms with Crippen molar-refractivity contribution in [3.8, 4) is 0 Å². The first-order valence-electron chi connectivity index (χ1n) is 7.81. The molecule has 0 saturated carbocycles. The van der Waals surface area contributed by atoms with Gasteiger partial charge in [-0.15, -0.1) is 0 Å². The van der Waals surface area contributed by atoms with Gasteiger partial charge in [0.1, 0.15) is 6.54 Å². The van der Waals surface area contributed by atoms with Crippen molar-refractivity contribution in [3.63, 3.8) is 0 Å². The van der Waals surface area contributed by atoms with Gasteiger partial charge in [0.15, 0.2) is 0 Å². The number of nitro groups is 1. The molecule has 8 nitrogen and oxygen atoms in total. The Morgan fingerprint density at radius 2 is 1.85 bits per heavy atom. The predicted molar refractivity (Wildman–Crippen MR) is 99.7 cm³/mol. The molecule has 0 radical (unpaired) electrons. The Labute approximate surface area is 151 Å². The number of hydrogen-bond acceptors (Lipinski definition) is 5. The third-order valence-electron chi connectivity index (χ3n) is 3.66. The van der Waals surface area contributed by atoms with Gasteiger partial charge in [-0.3, -0.25) is 19.2 Å². The second-order valence-electron chi connectivity index (χ2n) is 5.65. The normalized spacial score (nSPS) is 11.0. The summed E-state index contributed by atoms with van der Waals surface area (Å²) < 4.78 is 25.0. The molecule has 0 spiro atoms. The Bertz CT molecular complexity index is 910. The Balaban J connectivity index is 2.21. The molecule has 2 aromatic rings. The summed E-state index contributed by atoms with van der Waals surface area (Å²) in [6.45, 7) is 1.52. The molecule has 0 saturated heterocycles. The average molecular weight is 377 g/mol. The van der Waals surface area contributed by atoms with Gasteiger partial charge in [0.05, 0.1) is 16.9 Å². The second kappa shape index (κ2) is 7.96. The van der Waals surface area contributed by atoms with Gasteiger partial charge in [-0.05, 0) is 30.2 Å². The Kier molecular flexibility index (Phi) is 5.93. The number of carbonyl (C=O) groups is 1. The van der Waals surface area contributed by atoms with Crippen molar-refractivity contribution in [3.05, 3.63) is 64.2 Å². The minimum atomic E-state index is -3.81. The van der Waals surface area contributed by atoms with Gasteiger partial charge in [-0.2, -0.15) is 0 Å². The van der Waals surface area contributed by atoms with E-state index in [0.717, 1.165) is 28.6 Å². The number of nitro benzene ring substituents is 1. The number of non-ortho nitro benzene ring substituents is 1. The van der Waals surface area contributed by atoms with E-state index in [1.165, 1.54) is 18.2 Å². The van der Waals surface area contributed by atoms with Gasteiger partial charge in [0.2, 0.25) is 15.9 Å². The molecule has 138 valence electrons. The van der Waals surface area contributed by atoms with E-state index in [0.29, 0.717) is 5.69 Å². The molecule has 0 aliphatic heterocycles. The molecule has 26 heavy (non-hydrogen) atoms. The van der Waals surface area contributed by atoms with Crippen molar-refractivity contribution in [2.45, 2.75) is 13.3 Å². The number of benzene rings is 2. The van der Waals surface area contributed by atoms with Crippen molar-refractivity contribution in [2.75, 3.05) is 22.4 Å². The van der Waals surface area contributed by atoms with E-state index in [4.69, 9.17) is 0 Å². The first kappa shape index (κ1) is 19.4. The van der Waals surface area contributed by atoms with E-state index < -0.39 is 27.4 Å². The number of hydrogen-bond donors (Lipinski definition) is 1. The molecular formula is C17H19N3O5S. The molecular weight excluding hydrogens is 358 g/mol. The molecule has 1 N–H and O–H groups in total. The first-order valence-corrected chi connectivity index (χ1v) is 9.66. The number of nitrogens with zero attached hydrogens (tertiary/aromatic N) is 2. The Morgan fingerprint density at radius 1 is 1.19 bits per heavy atom. The summed E-state index contributed by atoms with van der Waals surface area (Å²) >= 11 is 0. The minimum Gasteiger partial charge on any atom is -0.325 e. The molecule has 2 rings (SSSR count). The molecule has 0 aliphatic carbocycles. The van der Waals surface area contributed by atoms with Gasteiger partial charge in [-0.25, -0.2) is 8.42 Å². The van der Waals surface area contributed by atoms with E-state index >= 15 is 0 Å². The molecule has 0 aromatic heterocycles. The minimum absolute atomic E-state index is 0.0539. The Hall–Kier alpha value is -2.94. The zero-order valence-corrected chi connectivity index (χ0v) is 15.2. The van der Waals surface area contributed by atoms with Crippen LogP contribution in [-0.2, 0) is 21.2 Å². The number of nitrogens with one attached hydrogen (secondary N) is 1. The van der Waals surface area contributed by atoms with Crippen LogP contribution < -0.4 is 9.62 Å². The van der Waals surface area contributed by atoms with E-state index in [1.54, 1.807) is 12.1 Å². The highest BCUT2D eigenvalue weighted by atomic mass is 32.2. The van der Waals surface area contributed by atoms with Gasteiger partial charge in [0, 0.05) is 17.8 Å². The molecule has 1 amide bonds. The van der Waals surface area contributed by atoms with Crippen LogP contribution in [0.15, 0.2) is 48.5 Å². The van der Waals surface area contributed by atoms with Gasteiger partial charge >= 0.3 is 0 Å². The monoisotopic (exact) mass is 377 g/mol. The zero-order chi connectivity index (χ0) is 19.3. The highest BCUT2D eigenvalue weighted by Gasteiger charge is 2.22. The summed E-state index contributed by atoms with van der Waals surface area (Å²) in [4.78, 5) is 22.5. The number of aryl methyl sites for hydroxylation is 1. The first-order chi connectivity index (χ1) is 12.2. The van der Waals surface area contributed by atoms with Gasteiger partial charge in [-0.1, -0.05) is 25.1 Å². The summed E-state index contributed by atoms with van der Waals surface area (Å²) in [6, 6.07) is 12.3. The number of rotatable bonds is 7. The summed E-state index contributed by atoms with van der Waals surface area (Å²) in [6.07, 6.45) is 1.80. The van der Waals surface area contributed by atoms with Crippen LogP contribution in [0.5, 0.6) is 0 Å². The fraction of sp³-hybridized carbons (Fsp3) is 0.235. The van der Waals surface area contributed by atoms with E-state index in [-0.39, 0.29) is 11.4 Å².